The molecule has 25 heavy (non-hydrogen) atoms. The Hall–Kier alpha value is -1.86. The minimum atomic E-state index is -3.66. The molecule has 0 radical (unpaired) electrons. The summed E-state index contributed by atoms with van der Waals surface area (Å²) in [6.45, 7) is 9.00. The molecule has 2 rings (SSSR count). The fourth-order valence-corrected chi connectivity index (χ4v) is 3.87. The molecule has 1 aromatic rings. The molecule has 1 atom stereocenters. The summed E-state index contributed by atoms with van der Waals surface area (Å²) in [5, 5.41) is 0. The average molecular weight is 367 g/mol. The Morgan fingerprint density at radius 2 is 1.72 bits per heavy atom. The van der Waals surface area contributed by atoms with Crippen molar-refractivity contribution in [3.63, 3.8) is 0 Å². The Balaban J connectivity index is 2.19. The van der Waals surface area contributed by atoms with Gasteiger partial charge in [-0.3, -0.25) is 0 Å². The quantitative estimate of drug-likeness (QED) is 0.782. The molecule has 0 aliphatic carbocycles. The largest absolute Gasteiger partial charge is 0.457 e. The molecule has 0 spiro atoms. The lowest BCUT2D eigenvalue weighted by atomic mass is 10.0. The summed E-state index contributed by atoms with van der Waals surface area (Å²) in [7, 11) is -3.66. The van der Waals surface area contributed by atoms with Crippen LogP contribution in [0.1, 0.15) is 39.7 Å². The summed E-state index contributed by atoms with van der Waals surface area (Å²) < 4.78 is 38.7. The second-order valence-electron chi connectivity index (χ2n) is 7.02. The van der Waals surface area contributed by atoms with Gasteiger partial charge in [-0.1, -0.05) is 31.5 Å². The first kappa shape index (κ1) is 19.5. The average Bonchev–Trinajstić information content (AvgIpc) is 2.44. The van der Waals surface area contributed by atoms with Gasteiger partial charge in [0.1, 0.15) is 5.76 Å². The van der Waals surface area contributed by atoms with E-state index in [2.05, 4.69) is 4.72 Å². The zero-order valence-electron chi connectivity index (χ0n) is 15.2. The lowest BCUT2D eigenvalue weighted by molar-refractivity contribution is -0.206. The molecular weight excluding hydrogens is 342 g/mol. The van der Waals surface area contributed by atoms with Crippen molar-refractivity contribution < 1.29 is 22.7 Å². The first-order valence-electron chi connectivity index (χ1n) is 8.20. The molecule has 6 nitrogen and oxygen atoms in total. The number of esters is 1. The highest BCUT2D eigenvalue weighted by atomic mass is 32.2. The van der Waals surface area contributed by atoms with Crippen LogP contribution < -0.4 is 4.72 Å². The predicted octanol–water partition coefficient (Wildman–Crippen LogP) is 2.88. The van der Waals surface area contributed by atoms with Gasteiger partial charge in [-0.2, -0.15) is 0 Å². The topological polar surface area (TPSA) is 81.7 Å². The molecule has 138 valence electrons. The van der Waals surface area contributed by atoms with Gasteiger partial charge in [0.25, 0.3) is 0 Å². The molecule has 1 aromatic carbocycles. The van der Waals surface area contributed by atoms with Crippen LogP contribution in [0.3, 0.4) is 0 Å². The van der Waals surface area contributed by atoms with Gasteiger partial charge < -0.3 is 9.47 Å². The Kier molecular flexibility index (Phi) is 5.58. The van der Waals surface area contributed by atoms with Gasteiger partial charge in [-0.05, 0) is 25.0 Å². The van der Waals surface area contributed by atoms with Crippen LogP contribution in [-0.2, 0) is 24.3 Å². The first-order valence-corrected chi connectivity index (χ1v) is 9.68. The van der Waals surface area contributed by atoms with Crippen molar-refractivity contribution in [1.29, 1.82) is 0 Å². The monoisotopic (exact) mass is 367 g/mol. The second-order valence-corrected chi connectivity index (χ2v) is 8.74. The van der Waals surface area contributed by atoms with E-state index in [0.717, 1.165) is 5.56 Å². The van der Waals surface area contributed by atoms with Crippen molar-refractivity contribution in [2.24, 2.45) is 5.92 Å². The van der Waals surface area contributed by atoms with Crippen molar-refractivity contribution in [2.45, 2.75) is 57.8 Å². The fourth-order valence-electron chi connectivity index (χ4n) is 2.48. The zero-order valence-corrected chi connectivity index (χ0v) is 16.0. The molecule has 1 heterocycles. The summed E-state index contributed by atoms with van der Waals surface area (Å²) in [6, 6.07) is 6.24. The number of benzene rings is 1. The molecular formula is C18H25NO5S. The van der Waals surface area contributed by atoms with E-state index in [1.807, 2.05) is 20.8 Å². The third-order valence-corrected chi connectivity index (χ3v) is 5.37. The lowest BCUT2D eigenvalue weighted by Gasteiger charge is -2.32. The highest BCUT2D eigenvalue weighted by Gasteiger charge is 2.32. The van der Waals surface area contributed by atoms with E-state index in [-0.39, 0.29) is 17.2 Å². The summed E-state index contributed by atoms with van der Waals surface area (Å²) in [5.74, 6) is -1.13. The zero-order chi connectivity index (χ0) is 18.8. The molecule has 1 aliphatic heterocycles. The minimum Gasteiger partial charge on any atom is -0.457 e. The molecule has 0 bridgehead atoms. The SMILES string of the molecule is Cc1ccc(S(=O)(=O)NC(CC2=CC(=O)OC(C)(C)O2)C(C)C)cc1. The number of sulfonamides is 1. The van der Waals surface area contributed by atoms with Crippen LogP contribution in [0.4, 0.5) is 0 Å². The number of rotatable bonds is 6. The smallest absolute Gasteiger partial charge is 0.337 e. The number of nitrogens with one attached hydrogen (secondary N) is 1. The van der Waals surface area contributed by atoms with E-state index in [0.29, 0.717) is 5.76 Å². The van der Waals surface area contributed by atoms with Gasteiger partial charge in [-0.25, -0.2) is 17.9 Å². The van der Waals surface area contributed by atoms with Crippen molar-refractivity contribution >= 4 is 16.0 Å². The van der Waals surface area contributed by atoms with Crippen molar-refractivity contribution in [3.05, 3.63) is 41.7 Å². The number of hydrogen-bond donors (Lipinski definition) is 1. The van der Waals surface area contributed by atoms with Crippen LogP contribution in [0.25, 0.3) is 0 Å². The molecule has 7 heteroatoms. The highest BCUT2D eigenvalue weighted by Crippen LogP contribution is 2.26. The van der Waals surface area contributed by atoms with Crippen LogP contribution in [0, 0.1) is 12.8 Å². The van der Waals surface area contributed by atoms with Crippen LogP contribution in [-0.4, -0.2) is 26.2 Å². The van der Waals surface area contributed by atoms with Gasteiger partial charge in [0.05, 0.1) is 11.0 Å². The van der Waals surface area contributed by atoms with Gasteiger partial charge in [-0.15, -0.1) is 0 Å². The fraction of sp³-hybridized carbons (Fsp3) is 0.500. The van der Waals surface area contributed by atoms with E-state index < -0.39 is 27.8 Å². The Labute approximate surface area is 149 Å². The maximum absolute atomic E-state index is 12.6. The van der Waals surface area contributed by atoms with Gasteiger partial charge in [0.15, 0.2) is 0 Å². The molecule has 0 fully saturated rings. The third kappa shape index (κ3) is 5.31. The number of carbonyl (C=O) groups excluding carboxylic acids is 1. The first-order chi connectivity index (χ1) is 11.5. The summed E-state index contributed by atoms with van der Waals surface area (Å²) in [4.78, 5) is 11.9. The van der Waals surface area contributed by atoms with E-state index in [1.165, 1.54) is 6.08 Å². The number of cyclic esters (lactones) is 1. The van der Waals surface area contributed by atoms with E-state index in [4.69, 9.17) is 9.47 Å². The van der Waals surface area contributed by atoms with Crippen molar-refractivity contribution in [3.8, 4) is 0 Å². The molecule has 0 saturated heterocycles. The van der Waals surface area contributed by atoms with Crippen molar-refractivity contribution in [1.82, 2.24) is 4.72 Å². The van der Waals surface area contributed by atoms with Crippen LogP contribution in [0.2, 0.25) is 0 Å². The summed E-state index contributed by atoms with van der Waals surface area (Å²) >= 11 is 0. The number of aryl methyl sites for hydroxylation is 1. The van der Waals surface area contributed by atoms with E-state index in [1.54, 1.807) is 38.1 Å². The standard InChI is InChI=1S/C18H25NO5S/c1-12(2)16(10-14-11-17(20)24-18(4,5)23-14)19-25(21,22)15-8-6-13(3)7-9-15/h6-9,11-12,16,19H,10H2,1-5H3. The minimum absolute atomic E-state index is 0.00535. The number of hydrogen-bond acceptors (Lipinski definition) is 5. The van der Waals surface area contributed by atoms with E-state index in [9.17, 15) is 13.2 Å². The highest BCUT2D eigenvalue weighted by molar-refractivity contribution is 7.89. The summed E-state index contributed by atoms with van der Waals surface area (Å²) in [5.41, 5.74) is 0.987. The van der Waals surface area contributed by atoms with Gasteiger partial charge in [0.2, 0.25) is 15.8 Å². The maximum atomic E-state index is 12.6. The second kappa shape index (κ2) is 7.17. The Morgan fingerprint density at radius 1 is 1.12 bits per heavy atom. The number of ether oxygens (including phenoxy) is 2. The molecule has 1 N–H and O–H groups in total. The molecule has 1 unspecified atom stereocenters. The van der Waals surface area contributed by atoms with Gasteiger partial charge >= 0.3 is 5.97 Å². The molecule has 0 aromatic heterocycles. The molecule has 0 saturated carbocycles. The van der Waals surface area contributed by atoms with Crippen LogP contribution in [0.5, 0.6) is 0 Å². The Morgan fingerprint density at radius 3 is 2.24 bits per heavy atom. The van der Waals surface area contributed by atoms with Crippen LogP contribution in [0.15, 0.2) is 41.0 Å². The normalized spacial score (nSPS) is 18.3. The van der Waals surface area contributed by atoms with Crippen molar-refractivity contribution in [2.75, 3.05) is 0 Å². The Bertz CT molecular complexity index is 763. The maximum Gasteiger partial charge on any atom is 0.337 e. The predicted molar refractivity (Wildman–Crippen MR) is 94.1 cm³/mol. The van der Waals surface area contributed by atoms with E-state index >= 15 is 0 Å². The van der Waals surface area contributed by atoms with Gasteiger partial charge in [0, 0.05) is 26.3 Å². The summed E-state index contributed by atoms with van der Waals surface area (Å²) in [6.07, 6.45) is 1.53. The lowest BCUT2D eigenvalue weighted by Crippen LogP contribution is -2.41. The molecule has 1 aliphatic rings. The number of carbonyl (C=O) groups is 1. The van der Waals surface area contributed by atoms with Crippen LogP contribution >= 0.6 is 0 Å². The molecule has 0 amide bonds. The third-order valence-electron chi connectivity index (χ3n) is 3.87.